The summed E-state index contributed by atoms with van der Waals surface area (Å²) in [6.07, 6.45) is 2.46. The predicted octanol–water partition coefficient (Wildman–Crippen LogP) is 2.84. The van der Waals surface area contributed by atoms with Crippen molar-refractivity contribution < 1.29 is 4.39 Å². The van der Waals surface area contributed by atoms with Gasteiger partial charge < -0.3 is 5.32 Å². The molecule has 0 unspecified atom stereocenters. The second-order valence-electron chi connectivity index (χ2n) is 3.39. The highest BCUT2D eigenvalue weighted by atomic mass is 79.9. The topological polar surface area (TPSA) is 12.0 Å². The van der Waals surface area contributed by atoms with Crippen molar-refractivity contribution in [3.8, 4) is 0 Å². The maximum Gasteiger partial charge on any atom is 0.127 e. The Balaban J connectivity index is 2.03. The molecule has 1 N–H and O–H groups in total. The van der Waals surface area contributed by atoms with E-state index in [9.17, 15) is 4.39 Å². The highest BCUT2D eigenvalue weighted by Gasteiger charge is 2.20. The van der Waals surface area contributed by atoms with Crippen molar-refractivity contribution >= 4 is 15.9 Å². The number of halogens is 2. The van der Waals surface area contributed by atoms with Crippen molar-refractivity contribution in [2.45, 2.75) is 25.4 Å². The summed E-state index contributed by atoms with van der Waals surface area (Å²) in [6.45, 7) is 0.635. The molecule has 0 atom stereocenters. The van der Waals surface area contributed by atoms with Crippen LogP contribution >= 0.6 is 15.9 Å². The Bertz CT molecular complexity index is 310. The highest BCUT2D eigenvalue weighted by Crippen LogP contribution is 2.21. The number of hydrogen-bond acceptors (Lipinski definition) is 1. The summed E-state index contributed by atoms with van der Waals surface area (Å²) in [7, 11) is 0. The molecule has 0 radical (unpaired) electrons. The minimum absolute atomic E-state index is 0.128. The average molecular weight is 244 g/mol. The van der Waals surface area contributed by atoms with Crippen LogP contribution in [0.25, 0.3) is 0 Å². The van der Waals surface area contributed by atoms with Gasteiger partial charge >= 0.3 is 0 Å². The molecule has 1 aromatic carbocycles. The third kappa shape index (κ3) is 2.51. The molecule has 0 spiro atoms. The van der Waals surface area contributed by atoms with Gasteiger partial charge in [0.05, 0.1) is 0 Å². The number of nitrogens with one attached hydrogen (secondary N) is 1. The van der Waals surface area contributed by atoms with E-state index in [4.69, 9.17) is 0 Å². The van der Waals surface area contributed by atoms with Crippen LogP contribution in [0.5, 0.6) is 0 Å². The first-order valence-corrected chi connectivity index (χ1v) is 5.22. The fourth-order valence-corrected chi connectivity index (χ4v) is 1.63. The van der Waals surface area contributed by atoms with Crippen LogP contribution in [0.3, 0.4) is 0 Å². The van der Waals surface area contributed by atoms with Gasteiger partial charge in [-0.25, -0.2) is 4.39 Å². The molecule has 1 aliphatic carbocycles. The van der Waals surface area contributed by atoms with Crippen molar-refractivity contribution in [3.63, 3.8) is 0 Å². The monoisotopic (exact) mass is 243 g/mol. The Morgan fingerprint density at radius 1 is 1.46 bits per heavy atom. The average Bonchev–Trinajstić information content (AvgIpc) is 2.90. The van der Waals surface area contributed by atoms with Crippen LogP contribution < -0.4 is 5.32 Å². The molecular formula is C10H11BrFN. The molecule has 0 bridgehead atoms. The van der Waals surface area contributed by atoms with E-state index in [1.165, 1.54) is 18.9 Å². The molecule has 0 saturated heterocycles. The first-order chi connectivity index (χ1) is 6.25. The largest absolute Gasteiger partial charge is 0.310 e. The summed E-state index contributed by atoms with van der Waals surface area (Å²) in [5, 5.41) is 3.28. The first kappa shape index (κ1) is 9.16. The van der Waals surface area contributed by atoms with Gasteiger partial charge in [-0.15, -0.1) is 0 Å². The van der Waals surface area contributed by atoms with Gasteiger partial charge in [0.1, 0.15) is 5.82 Å². The van der Waals surface area contributed by atoms with Crippen LogP contribution in [0.15, 0.2) is 22.7 Å². The van der Waals surface area contributed by atoms with Gasteiger partial charge in [0.2, 0.25) is 0 Å². The lowest BCUT2D eigenvalue weighted by Crippen LogP contribution is -2.16. The molecule has 13 heavy (non-hydrogen) atoms. The van der Waals surface area contributed by atoms with Crippen molar-refractivity contribution in [2.24, 2.45) is 0 Å². The molecular weight excluding hydrogens is 233 g/mol. The van der Waals surface area contributed by atoms with Crippen molar-refractivity contribution in [1.29, 1.82) is 0 Å². The zero-order valence-corrected chi connectivity index (χ0v) is 8.77. The van der Waals surface area contributed by atoms with Crippen LogP contribution in [0.4, 0.5) is 4.39 Å². The van der Waals surface area contributed by atoms with Crippen LogP contribution in [-0.4, -0.2) is 6.04 Å². The van der Waals surface area contributed by atoms with Crippen molar-refractivity contribution in [3.05, 3.63) is 34.1 Å². The summed E-state index contributed by atoms with van der Waals surface area (Å²) < 4.78 is 14.1. The maximum atomic E-state index is 13.2. The lowest BCUT2D eigenvalue weighted by atomic mass is 10.2. The van der Waals surface area contributed by atoms with E-state index < -0.39 is 0 Å². The number of benzene rings is 1. The van der Waals surface area contributed by atoms with Crippen LogP contribution in [-0.2, 0) is 6.54 Å². The quantitative estimate of drug-likeness (QED) is 0.862. The zero-order valence-electron chi connectivity index (χ0n) is 7.19. The summed E-state index contributed by atoms with van der Waals surface area (Å²) in [5.74, 6) is -0.128. The molecule has 0 heterocycles. The Labute approximate surface area is 85.5 Å². The van der Waals surface area contributed by atoms with Gasteiger partial charge in [-0.2, -0.15) is 0 Å². The predicted molar refractivity (Wildman–Crippen MR) is 54.0 cm³/mol. The van der Waals surface area contributed by atoms with E-state index in [0.29, 0.717) is 12.6 Å². The van der Waals surface area contributed by atoms with Gasteiger partial charge in [-0.3, -0.25) is 0 Å². The lowest BCUT2D eigenvalue weighted by Gasteiger charge is -2.04. The minimum atomic E-state index is -0.128. The Morgan fingerprint density at radius 3 is 2.92 bits per heavy atom. The first-order valence-electron chi connectivity index (χ1n) is 4.43. The van der Waals surface area contributed by atoms with Gasteiger partial charge in [-0.05, 0) is 31.0 Å². The smallest absolute Gasteiger partial charge is 0.127 e. The maximum absolute atomic E-state index is 13.2. The molecule has 1 fully saturated rings. The van der Waals surface area contributed by atoms with Gasteiger partial charge in [0, 0.05) is 22.6 Å². The van der Waals surface area contributed by atoms with E-state index in [-0.39, 0.29) is 5.82 Å². The highest BCUT2D eigenvalue weighted by molar-refractivity contribution is 9.10. The lowest BCUT2D eigenvalue weighted by molar-refractivity contribution is 0.586. The van der Waals surface area contributed by atoms with Crippen LogP contribution in [0.2, 0.25) is 0 Å². The van der Waals surface area contributed by atoms with Gasteiger partial charge in [0.15, 0.2) is 0 Å². The van der Waals surface area contributed by atoms with E-state index in [1.807, 2.05) is 6.07 Å². The molecule has 1 aromatic rings. The number of rotatable bonds is 3. The van der Waals surface area contributed by atoms with Crippen molar-refractivity contribution in [1.82, 2.24) is 5.32 Å². The SMILES string of the molecule is Fc1ccc(Br)cc1CNC1CC1. The molecule has 70 valence electrons. The van der Waals surface area contributed by atoms with E-state index >= 15 is 0 Å². The van der Waals surface area contributed by atoms with E-state index in [2.05, 4.69) is 21.2 Å². The fourth-order valence-electron chi connectivity index (χ4n) is 1.22. The Hall–Kier alpha value is -0.410. The van der Waals surface area contributed by atoms with Crippen LogP contribution in [0, 0.1) is 5.82 Å². The Morgan fingerprint density at radius 2 is 2.23 bits per heavy atom. The second kappa shape index (κ2) is 3.76. The molecule has 1 aliphatic rings. The fraction of sp³-hybridized carbons (Fsp3) is 0.400. The Kier molecular flexibility index (Phi) is 2.65. The van der Waals surface area contributed by atoms with Crippen molar-refractivity contribution in [2.75, 3.05) is 0 Å². The minimum Gasteiger partial charge on any atom is -0.310 e. The molecule has 2 rings (SSSR count). The summed E-state index contributed by atoms with van der Waals surface area (Å²) in [5.41, 5.74) is 0.737. The zero-order chi connectivity index (χ0) is 9.26. The number of hydrogen-bond donors (Lipinski definition) is 1. The van der Waals surface area contributed by atoms with Gasteiger partial charge in [0.25, 0.3) is 0 Å². The van der Waals surface area contributed by atoms with Gasteiger partial charge in [-0.1, -0.05) is 15.9 Å². The molecule has 0 aliphatic heterocycles. The standard InChI is InChI=1S/C10H11BrFN/c11-8-1-4-10(12)7(5-8)6-13-9-2-3-9/h1,4-5,9,13H,2-3,6H2. The summed E-state index contributed by atoms with van der Waals surface area (Å²) in [4.78, 5) is 0. The van der Waals surface area contributed by atoms with E-state index in [0.717, 1.165) is 10.0 Å². The molecule has 0 amide bonds. The van der Waals surface area contributed by atoms with E-state index in [1.54, 1.807) is 6.07 Å². The summed E-state index contributed by atoms with van der Waals surface area (Å²) in [6, 6.07) is 5.66. The molecule has 1 saturated carbocycles. The third-order valence-electron chi connectivity index (χ3n) is 2.17. The molecule has 3 heteroatoms. The molecule has 1 nitrogen and oxygen atoms in total. The van der Waals surface area contributed by atoms with Crippen LogP contribution in [0.1, 0.15) is 18.4 Å². The normalized spacial score (nSPS) is 16.2. The summed E-state index contributed by atoms with van der Waals surface area (Å²) >= 11 is 3.32. The molecule has 0 aromatic heterocycles. The second-order valence-corrected chi connectivity index (χ2v) is 4.31. The third-order valence-corrected chi connectivity index (χ3v) is 2.66.